The van der Waals surface area contributed by atoms with E-state index in [1.165, 1.54) is 23.8 Å². The Bertz CT molecular complexity index is 606. The molecule has 1 heterocycles. The zero-order chi connectivity index (χ0) is 14.1. The minimum atomic E-state index is -0.365. The molecule has 0 radical (unpaired) electrons. The van der Waals surface area contributed by atoms with Gasteiger partial charge in [-0.05, 0) is 55.1 Å². The number of nitrogens with one attached hydrogen (secondary N) is 1. The van der Waals surface area contributed by atoms with Gasteiger partial charge in [-0.2, -0.15) is 0 Å². The zero-order valence-electron chi connectivity index (χ0n) is 11.3. The Kier molecular flexibility index (Phi) is 4.11. The molecule has 106 valence electrons. The molecule has 0 saturated heterocycles. The summed E-state index contributed by atoms with van der Waals surface area (Å²) in [7, 11) is 0. The number of benzene rings is 1. The molecule has 1 unspecified atom stereocenters. The predicted octanol–water partition coefficient (Wildman–Crippen LogP) is 5.27. The van der Waals surface area contributed by atoms with Crippen LogP contribution >= 0.6 is 22.9 Å². The van der Waals surface area contributed by atoms with E-state index in [-0.39, 0.29) is 10.8 Å². The topological polar surface area (TPSA) is 12.0 Å². The van der Waals surface area contributed by atoms with Crippen LogP contribution in [0.3, 0.4) is 0 Å². The standard InChI is InChI=1S/C16H17ClFNS/c1-2-19-16(10-3-4-10)15-8-7-14(20-15)11-5-6-13(18)12(17)9-11/h5-10,16,19H,2-4H2,1H3. The van der Waals surface area contributed by atoms with Gasteiger partial charge in [0.2, 0.25) is 0 Å². The van der Waals surface area contributed by atoms with E-state index in [0.717, 1.165) is 22.9 Å². The van der Waals surface area contributed by atoms with Crippen LogP contribution in [0.25, 0.3) is 10.4 Å². The molecule has 1 aromatic carbocycles. The molecule has 0 aliphatic heterocycles. The monoisotopic (exact) mass is 309 g/mol. The highest BCUT2D eigenvalue weighted by molar-refractivity contribution is 7.15. The summed E-state index contributed by atoms with van der Waals surface area (Å²) in [5.41, 5.74) is 0.985. The zero-order valence-corrected chi connectivity index (χ0v) is 12.9. The lowest BCUT2D eigenvalue weighted by molar-refractivity contribution is 0.504. The van der Waals surface area contributed by atoms with Gasteiger partial charge in [0.1, 0.15) is 5.82 Å². The van der Waals surface area contributed by atoms with Crippen LogP contribution < -0.4 is 5.32 Å². The summed E-state index contributed by atoms with van der Waals surface area (Å²) >= 11 is 7.63. The highest BCUT2D eigenvalue weighted by Crippen LogP contribution is 2.44. The number of halogens is 2. The maximum absolute atomic E-state index is 13.2. The molecule has 3 rings (SSSR count). The number of thiophene rings is 1. The summed E-state index contributed by atoms with van der Waals surface area (Å²) in [6, 6.07) is 9.68. The van der Waals surface area contributed by atoms with Crippen molar-refractivity contribution in [2.24, 2.45) is 5.92 Å². The highest BCUT2D eigenvalue weighted by atomic mass is 35.5. The summed E-state index contributed by atoms with van der Waals surface area (Å²) in [6.07, 6.45) is 2.63. The van der Waals surface area contributed by atoms with Crippen LogP contribution in [0.1, 0.15) is 30.7 Å². The van der Waals surface area contributed by atoms with Crippen molar-refractivity contribution >= 4 is 22.9 Å². The summed E-state index contributed by atoms with van der Waals surface area (Å²) in [4.78, 5) is 2.51. The molecule has 0 amide bonds. The van der Waals surface area contributed by atoms with Crippen LogP contribution in [0.4, 0.5) is 4.39 Å². The lowest BCUT2D eigenvalue weighted by atomic mass is 10.1. The molecular formula is C16H17ClFNS. The Hall–Kier alpha value is -0.900. The lowest BCUT2D eigenvalue weighted by Gasteiger charge is -2.15. The Morgan fingerprint density at radius 1 is 1.35 bits per heavy atom. The van der Waals surface area contributed by atoms with Crippen molar-refractivity contribution in [3.05, 3.63) is 46.0 Å². The molecule has 1 aliphatic carbocycles. The second-order valence-corrected chi connectivity index (χ2v) is 6.73. The maximum Gasteiger partial charge on any atom is 0.141 e. The van der Waals surface area contributed by atoms with Gasteiger partial charge in [-0.3, -0.25) is 0 Å². The van der Waals surface area contributed by atoms with Crippen molar-refractivity contribution in [3.8, 4) is 10.4 Å². The van der Waals surface area contributed by atoms with Crippen LogP contribution in [0, 0.1) is 11.7 Å². The molecule has 0 bridgehead atoms. The molecule has 1 fully saturated rings. The summed E-state index contributed by atoms with van der Waals surface area (Å²) in [5, 5.41) is 3.75. The SMILES string of the molecule is CCNC(c1ccc(-c2ccc(F)c(Cl)c2)s1)C1CC1. The van der Waals surface area contributed by atoms with Gasteiger partial charge in [-0.15, -0.1) is 11.3 Å². The van der Waals surface area contributed by atoms with E-state index >= 15 is 0 Å². The first kappa shape index (κ1) is 14.1. The Balaban J connectivity index is 1.86. The van der Waals surface area contributed by atoms with Crippen LogP contribution in [0.15, 0.2) is 30.3 Å². The van der Waals surface area contributed by atoms with E-state index in [4.69, 9.17) is 11.6 Å². The second kappa shape index (κ2) is 5.84. The van der Waals surface area contributed by atoms with Gasteiger partial charge in [0.25, 0.3) is 0 Å². The van der Waals surface area contributed by atoms with E-state index in [1.54, 1.807) is 23.5 Å². The van der Waals surface area contributed by atoms with Crippen LogP contribution in [-0.4, -0.2) is 6.54 Å². The lowest BCUT2D eigenvalue weighted by Crippen LogP contribution is -2.21. The average Bonchev–Trinajstić information content (AvgIpc) is 3.16. The summed E-state index contributed by atoms with van der Waals surface area (Å²) in [6.45, 7) is 3.13. The van der Waals surface area contributed by atoms with Gasteiger partial charge < -0.3 is 5.32 Å². The van der Waals surface area contributed by atoms with Crippen molar-refractivity contribution in [2.75, 3.05) is 6.54 Å². The molecule has 1 saturated carbocycles. The van der Waals surface area contributed by atoms with Gasteiger partial charge in [-0.1, -0.05) is 24.6 Å². The van der Waals surface area contributed by atoms with Crippen molar-refractivity contribution in [1.82, 2.24) is 5.32 Å². The van der Waals surface area contributed by atoms with E-state index in [0.29, 0.717) is 6.04 Å². The molecule has 1 nitrogen and oxygen atoms in total. The average molecular weight is 310 g/mol. The summed E-state index contributed by atoms with van der Waals surface area (Å²) < 4.78 is 13.2. The number of rotatable bonds is 5. The van der Waals surface area contributed by atoms with Crippen LogP contribution in [0.5, 0.6) is 0 Å². The van der Waals surface area contributed by atoms with Crippen molar-refractivity contribution in [3.63, 3.8) is 0 Å². The van der Waals surface area contributed by atoms with E-state index in [9.17, 15) is 4.39 Å². The van der Waals surface area contributed by atoms with Gasteiger partial charge in [-0.25, -0.2) is 4.39 Å². The predicted molar refractivity (Wildman–Crippen MR) is 83.9 cm³/mol. The van der Waals surface area contributed by atoms with Gasteiger partial charge in [0, 0.05) is 15.8 Å². The van der Waals surface area contributed by atoms with E-state index < -0.39 is 0 Å². The molecule has 1 aliphatic rings. The van der Waals surface area contributed by atoms with Crippen molar-refractivity contribution in [1.29, 1.82) is 0 Å². The van der Waals surface area contributed by atoms with Crippen LogP contribution in [-0.2, 0) is 0 Å². The summed E-state index contributed by atoms with van der Waals surface area (Å²) in [5.74, 6) is 0.411. The molecule has 20 heavy (non-hydrogen) atoms. The molecule has 0 spiro atoms. The van der Waals surface area contributed by atoms with Gasteiger partial charge >= 0.3 is 0 Å². The third-order valence-electron chi connectivity index (χ3n) is 3.65. The number of hydrogen-bond acceptors (Lipinski definition) is 2. The first-order valence-corrected chi connectivity index (χ1v) is 8.17. The van der Waals surface area contributed by atoms with Crippen molar-refractivity contribution < 1.29 is 4.39 Å². The van der Waals surface area contributed by atoms with Gasteiger partial charge in [0.15, 0.2) is 0 Å². The van der Waals surface area contributed by atoms with Gasteiger partial charge in [0.05, 0.1) is 5.02 Å². The first-order valence-electron chi connectivity index (χ1n) is 6.97. The molecule has 1 atom stereocenters. The first-order chi connectivity index (χ1) is 9.69. The second-order valence-electron chi connectivity index (χ2n) is 5.20. The Morgan fingerprint density at radius 3 is 2.80 bits per heavy atom. The minimum Gasteiger partial charge on any atom is -0.309 e. The largest absolute Gasteiger partial charge is 0.309 e. The number of hydrogen-bond donors (Lipinski definition) is 1. The molecular weight excluding hydrogens is 293 g/mol. The van der Waals surface area contributed by atoms with E-state index in [1.807, 2.05) is 0 Å². The van der Waals surface area contributed by atoms with Crippen molar-refractivity contribution in [2.45, 2.75) is 25.8 Å². The Labute approximate surface area is 127 Å². The smallest absolute Gasteiger partial charge is 0.141 e. The quantitative estimate of drug-likeness (QED) is 0.793. The molecule has 1 N–H and O–H groups in total. The third-order valence-corrected chi connectivity index (χ3v) is 5.16. The molecule has 4 heteroatoms. The molecule has 2 aromatic rings. The fraction of sp³-hybridized carbons (Fsp3) is 0.375. The normalized spacial score (nSPS) is 16.4. The minimum absolute atomic E-state index is 0.183. The van der Waals surface area contributed by atoms with E-state index in [2.05, 4.69) is 24.4 Å². The Morgan fingerprint density at radius 2 is 2.15 bits per heavy atom. The maximum atomic E-state index is 13.2. The molecule has 1 aromatic heterocycles. The fourth-order valence-corrected chi connectivity index (χ4v) is 3.83. The highest BCUT2D eigenvalue weighted by Gasteiger charge is 2.32. The van der Waals surface area contributed by atoms with Crippen LogP contribution in [0.2, 0.25) is 5.02 Å². The third kappa shape index (κ3) is 2.90. The fourth-order valence-electron chi connectivity index (χ4n) is 2.47.